The molecule has 0 heterocycles. The number of allylic oxidation sites excluding steroid dienone is 7. The van der Waals surface area contributed by atoms with Gasteiger partial charge in [0, 0.05) is 17.9 Å². The first-order chi connectivity index (χ1) is 10.3. The molecule has 0 aliphatic heterocycles. The van der Waals surface area contributed by atoms with Crippen molar-refractivity contribution in [2.75, 3.05) is 0 Å². The Labute approximate surface area is 126 Å². The third-order valence-corrected chi connectivity index (χ3v) is 3.49. The standard InChI is InChI=1S/C19H19NO/c1-2-8-18-17(12-7-14-20)11-6-13-19(18)21-15-16-9-4-3-5-10-16/h2-7,9-13,17-18H,1,8,15H2. The summed E-state index contributed by atoms with van der Waals surface area (Å²) in [4.78, 5) is 0. The van der Waals surface area contributed by atoms with E-state index in [2.05, 4.69) is 24.8 Å². The molecule has 0 fully saturated rings. The molecule has 0 bridgehead atoms. The summed E-state index contributed by atoms with van der Waals surface area (Å²) in [5, 5.41) is 8.70. The molecule has 2 atom stereocenters. The smallest absolute Gasteiger partial charge is 0.113 e. The van der Waals surface area contributed by atoms with Crippen molar-refractivity contribution in [3.05, 3.63) is 84.7 Å². The fraction of sp³-hybridized carbons (Fsp3) is 0.211. The number of hydrogen-bond acceptors (Lipinski definition) is 2. The van der Waals surface area contributed by atoms with Crippen molar-refractivity contribution in [2.24, 2.45) is 11.8 Å². The summed E-state index contributed by atoms with van der Waals surface area (Å²) in [5.74, 6) is 1.34. The van der Waals surface area contributed by atoms with Crippen molar-refractivity contribution < 1.29 is 4.74 Å². The van der Waals surface area contributed by atoms with Crippen LogP contribution in [0.15, 0.2) is 79.1 Å². The Morgan fingerprint density at radius 1 is 1.29 bits per heavy atom. The minimum atomic E-state index is 0.179. The van der Waals surface area contributed by atoms with Gasteiger partial charge in [-0.15, -0.1) is 6.58 Å². The van der Waals surface area contributed by atoms with Crippen LogP contribution in [0.3, 0.4) is 0 Å². The van der Waals surface area contributed by atoms with E-state index in [-0.39, 0.29) is 11.8 Å². The molecule has 0 saturated heterocycles. The molecule has 2 heteroatoms. The molecule has 1 aliphatic carbocycles. The Kier molecular flexibility index (Phi) is 5.60. The van der Waals surface area contributed by atoms with Crippen molar-refractivity contribution in [3.8, 4) is 6.07 Å². The summed E-state index contributed by atoms with van der Waals surface area (Å²) >= 11 is 0. The molecule has 0 aromatic heterocycles. The molecular formula is C19H19NO. The van der Waals surface area contributed by atoms with Gasteiger partial charge in [-0.1, -0.05) is 54.6 Å². The number of nitrogens with zero attached hydrogens (tertiary/aromatic N) is 1. The maximum Gasteiger partial charge on any atom is 0.113 e. The van der Waals surface area contributed by atoms with Crippen LogP contribution in [0, 0.1) is 23.2 Å². The first-order valence-corrected chi connectivity index (χ1v) is 7.07. The quantitative estimate of drug-likeness (QED) is 0.564. The van der Waals surface area contributed by atoms with Crippen LogP contribution in [0.2, 0.25) is 0 Å². The number of benzene rings is 1. The lowest BCUT2D eigenvalue weighted by Gasteiger charge is -2.26. The third kappa shape index (κ3) is 4.22. The van der Waals surface area contributed by atoms with E-state index in [0.717, 1.165) is 17.7 Å². The number of rotatable bonds is 6. The average molecular weight is 277 g/mol. The van der Waals surface area contributed by atoms with Crippen LogP contribution in [0.5, 0.6) is 0 Å². The SMILES string of the molecule is C=CCC1C(OCc2ccccc2)=CC=CC1C=CC#N. The summed E-state index contributed by atoms with van der Waals surface area (Å²) in [7, 11) is 0. The topological polar surface area (TPSA) is 33.0 Å². The van der Waals surface area contributed by atoms with Gasteiger partial charge in [-0.25, -0.2) is 0 Å². The Balaban J connectivity index is 2.07. The molecule has 1 aromatic rings. The highest BCUT2D eigenvalue weighted by Crippen LogP contribution is 2.32. The van der Waals surface area contributed by atoms with Crippen LogP contribution in [0.25, 0.3) is 0 Å². The number of hydrogen-bond donors (Lipinski definition) is 0. The first-order valence-electron chi connectivity index (χ1n) is 7.07. The average Bonchev–Trinajstić information content (AvgIpc) is 2.53. The van der Waals surface area contributed by atoms with Crippen molar-refractivity contribution in [3.63, 3.8) is 0 Å². The van der Waals surface area contributed by atoms with Gasteiger partial charge in [0.25, 0.3) is 0 Å². The normalized spacial score (nSPS) is 20.8. The predicted octanol–water partition coefficient (Wildman–Crippen LogP) is 4.55. The van der Waals surface area contributed by atoms with Crippen LogP contribution < -0.4 is 0 Å². The molecule has 0 spiro atoms. The van der Waals surface area contributed by atoms with E-state index >= 15 is 0 Å². The van der Waals surface area contributed by atoms with E-state index in [0.29, 0.717) is 6.61 Å². The monoisotopic (exact) mass is 277 g/mol. The van der Waals surface area contributed by atoms with E-state index < -0.39 is 0 Å². The summed E-state index contributed by atoms with van der Waals surface area (Å²) in [5.41, 5.74) is 1.15. The van der Waals surface area contributed by atoms with Crippen LogP contribution in [-0.2, 0) is 11.3 Å². The lowest BCUT2D eigenvalue weighted by Crippen LogP contribution is -2.17. The van der Waals surface area contributed by atoms with Crippen molar-refractivity contribution >= 4 is 0 Å². The van der Waals surface area contributed by atoms with Gasteiger partial charge in [-0.2, -0.15) is 5.26 Å². The van der Waals surface area contributed by atoms with Gasteiger partial charge in [-0.3, -0.25) is 0 Å². The van der Waals surface area contributed by atoms with Gasteiger partial charge < -0.3 is 4.74 Å². The molecule has 0 radical (unpaired) electrons. The second-order valence-corrected chi connectivity index (χ2v) is 4.92. The van der Waals surface area contributed by atoms with E-state index in [1.54, 1.807) is 0 Å². The van der Waals surface area contributed by atoms with Gasteiger partial charge in [0.15, 0.2) is 0 Å². The van der Waals surface area contributed by atoms with Gasteiger partial charge in [0.1, 0.15) is 12.4 Å². The molecule has 1 aliphatic rings. The maximum atomic E-state index is 8.70. The summed E-state index contributed by atoms with van der Waals surface area (Å²) in [6.07, 6.45) is 12.3. The molecule has 21 heavy (non-hydrogen) atoms. The lowest BCUT2D eigenvalue weighted by atomic mass is 9.84. The zero-order chi connectivity index (χ0) is 14.9. The summed E-state index contributed by atoms with van der Waals surface area (Å²) < 4.78 is 5.99. The van der Waals surface area contributed by atoms with Crippen molar-refractivity contribution in [2.45, 2.75) is 13.0 Å². The van der Waals surface area contributed by atoms with Gasteiger partial charge in [-0.05, 0) is 18.1 Å². The summed E-state index contributed by atoms with van der Waals surface area (Å²) in [6.45, 7) is 4.38. The largest absolute Gasteiger partial charge is 0.493 e. The fourth-order valence-electron chi connectivity index (χ4n) is 2.43. The molecular weight excluding hydrogens is 258 g/mol. The van der Waals surface area contributed by atoms with E-state index in [1.807, 2.05) is 48.6 Å². The number of nitriles is 1. The van der Waals surface area contributed by atoms with Gasteiger partial charge >= 0.3 is 0 Å². The second-order valence-electron chi connectivity index (χ2n) is 4.92. The predicted molar refractivity (Wildman–Crippen MR) is 85.0 cm³/mol. The Morgan fingerprint density at radius 2 is 2.10 bits per heavy atom. The molecule has 0 N–H and O–H groups in total. The van der Waals surface area contributed by atoms with Crippen LogP contribution >= 0.6 is 0 Å². The molecule has 0 saturated carbocycles. The van der Waals surface area contributed by atoms with Crippen molar-refractivity contribution in [1.29, 1.82) is 5.26 Å². The Bertz CT molecular complexity index is 590. The van der Waals surface area contributed by atoms with Crippen LogP contribution in [0.1, 0.15) is 12.0 Å². The van der Waals surface area contributed by atoms with E-state index in [9.17, 15) is 0 Å². The fourth-order valence-corrected chi connectivity index (χ4v) is 2.43. The maximum absolute atomic E-state index is 8.70. The number of ether oxygens (including phenoxy) is 1. The lowest BCUT2D eigenvalue weighted by molar-refractivity contribution is 0.155. The van der Waals surface area contributed by atoms with Crippen molar-refractivity contribution in [1.82, 2.24) is 0 Å². The first kappa shape index (κ1) is 14.9. The highest BCUT2D eigenvalue weighted by Gasteiger charge is 2.23. The highest BCUT2D eigenvalue weighted by atomic mass is 16.5. The molecule has 0 amide bonds. The highest BCUT2D eigenvalue weighted by molar-refractivity contribution is 5.25. The van der Waals surface area contributed by atoms with E-state index in [1.165, 1.54) is 6.08 Å². The van der Waals surface area contributed by atoms with Crippen LogP contribution in [0.4, 0.5) is 0 Å². The molecule has 2 rings (SSSR count). The molecule has 106 valence electrons. The van der Waals surface area contributed by atoms with E-state index in [4.69, 9.17) is 10.00 Å². The third-order valence-electron chi connectivity index (χ3n) is 3.49. The zero-order valence-corrected chi connectivity index (χ0v) is 12.0. The van der Waals surface area contributed by atoms with Crippen LogP contribution in [-0.4, -0.2) is 0 Å². The molecule has 2 unspecified atom stereocenters. The minimum Gasteiger partial charge on any atom is -0.493 e. The molecule has 2 nitrogen and oxygen atoms in total. The zero-order valence-electron chi connectivity index (χ0n) is 12.0. The second kappa shape index (κ2) is 7.91. The minimum absolute atomic E-state index is 0.179. The van der Waals surface area contributed by atoms with Gasteiger partial charge in [0.2, 0.25) is 0 Å². The Morgan fingerprint density at radius 3 is 2.81 bits per heavy atom. The van der Waals surface area contributed by atoms with Gasteiger partial charge in [0.05, 0.1) is 6.07 Å². The Hall–Kier alpha value is -2.53. The summed E-state index contributed by atoms with van der Waals surface area (Å²) in [6, 6.07) is 12.2. The molecule has 1 aromatic carbocycles.